The number of phenols is 1. The largest absolute Gasteiger partial charge is 0.508 e. The van der Waals surface area contributed by atoms with Crippen LogP contribution in [0.2, 0.25) is 0 Å². The molecule has 4 unspecified atom stereocenters. The molecule has 1 rings (SSSR count). The van der Waals surface area contributed by atoms with Crippen molar-refractivity contribution in [3.8, 4) is 5.75 Å². The van der Waals surface area contributed by atoms with Crippen LogP contribution in [0.15, 0.2) is 24.3 Å². The lowest BCUT2D eigenvalue weighted by Crippen LogP contribution is -2.58. The van der Waals surface area contributed by atoms with Gasteiger partial charge in [-0.2, -0.15) is 0 Å². The average molecular weight is 453 g/mol. The second-order valence-corrected chi connectivity index (χ2v) is 7.03. The van der Waals surface area contributed by atoms with Gasteiger partial charge in [0.15, 0.2) is 0 Å². The van der Waals surface area contributed by atoms with Crippen LogP contribution >= 0.6 is 0 Å². The lowest BCUT2D eigenvalue weighted by atomic mass is 10.0. The quantitative estimate of drug-likeness (QED) is 0.158. The van der Waals surface area contributed by atoms with Gasteiger partial charge < -0.3 is 42.7 Å². The molecule has 4 amide bonds. The minimum absolute atomic E-state index is 0.00979. The molecule has 0 aliphatic heterocycles. The molecule has 13 heteroatoms. The molecule has 0 radical (unpaired) electrons. The minimum Gasteiger partial charge on any atom is -0.508 e. The molecule has 32 heavy (non-hydrogen) atoms. The Labute approximate surface area is 183 Å². The molecule has 0 bridgehead atoms. The van der Waals surface area contributed by atoms with Crippen LogP contribution in [0.4, 0.5) is 0 Å². The Morgan fingerprint density at radius 3 is 1.88 bits per heavy atom. The van der Waals surface area contributed by atoms with E-state index in [9.17, 15) is 29.1 Å². The van der Waals surface area contributed by atoms with Gasteiger partial charge in [0.05, 0.1) is 19.1 Å². The van der Waals surface area contributed by atoms with E-state index in [1.807, 2.05) is 5.32 Å². The third kappa shape index (κ3) is 8.57. The third-order valence-corrected chi connectivity index (χ3v) is 4.26. The predicted molar refractivity (Wildman–Crippen MR) is 110 cm³/mol. The maximum atomic E-state index is 12.8. The summed E-state index contributed by atoms with van der Waals surface area (Å²) >= 11 is 0. The second kappa shape index (κ2) is 12.2. The smallest absolute Gasteiger partial charge is 0.328 e. The predicted octanol–water partition coefficient (Wildman–Crippen LogP) is -3.31. The standard InChI is InChI=1S/C19H27N5O8/c1-9(20)16(28)22-12(6-10-2-4-11(26)5-3-10)17(29)23-13(7-15(21)27)18(30)24-14(8-25)19(31)32/h2-5,9,12-14,25-26H,6-8,20H2,1H3,(H2,21,27)(H,22,28)(H,23,29)(H,24,30)(H,31,32). The maximum absolute atomic E-state index is 12.8. The Morgan fingerprint density at radius 2 is 1.41 bits per heavy atom. The van der Waals surface area contributed by atoms with Crippen molar-refractivity contribution in [3.05, 3.63) is 29.8 Å². The van der Waals surface area contributed by atoms with E-state index < -0.39 is 66.8 Å². The number of aliphatic hydroxyl groups is 1. The number of hydrogen-bond donors (Lipinski definition) is 8. The zero-order chi connectivity index (χ0) is 24.4. The van der Waals surface area contributed by atoms with Crippen molar-refractivity contribution >= 4 is 29.6 Å². The highest BCUT2D eigenvalue weighted by molar-refractivity contribution is 5.96. The second-order valence-electron chi connectivity index (χ2n) is 7.03. The molecule has 10 N–H and O–H groups in total. The van der Waals surface area contributed by atoms with Gasteiger partial charge in [0.25, 0.3) is 0 Å². The van der Waals surface area contributed by atoms with E-state index in [0.29, 0.717) is 5.56 Å². The highest BCUT2D eigenvalue weighted by Gasteiger charge is 2.30. The van der Waals surface area contributed by atoms with E-state index in [1.54, 1.807) is 0 Å². The Bertz CT molecular complexity index is 843. The number of nitrogens with one attached hydrogen (secondary N) is 3. The fraction of sp³-hybridized carbons (Fsp3) is 0.421. The van der Waals surface area contributed by atoms with Gasteiger partial charge >= 0.3 is 5.97 Å². The fourth-order valence-electron chi connectivity index (χ4n) is 2.52. The number of carbonyl (C=O) groups excluding carboxylic acids is 4. The zero-order valence-electron chi connectivity index (χ0n) is 17.3. The number of amides is 4. The Kier molecular flexibility index (Phi) is 10.1. The van der Waals surface area contributed by atoms with Gasteiger partial charge in [-0.25, -0.2) is 4.79 Å². The molecule has 0 heterocycles. The lowest BCUT2D eigenvalue weighted by molar-refractivity contribution is -0.143. The van der Waals surface area contributed by atoms with Gasteiger partial charge in [-0.05, 0) is 24.6 Å². The molecule has 13 nitrogen and oxygen atoms in total. The molecule has 1 aromatic rings. The molecule has 0 fully saturated rings. The van der Waals surface area contributed by atoms with E-state index in [1.165, 1.54) is 31.2 Å². The summed E-state index contributed by atoms with van der Waals surface area (Å²) in [6.45, 7) is 0.474. The Hall–Kier alpha value is -3.71. The first-order valence-corrected chi connectivity index (χ1v) is 9.51. The highest BCUT2D eigenvalue weighted by atomic mass is 16.4. The topological polar surface area (TPSA) is 234 Å². The number of primary amides is 1. The van der Waals surface area contributed by atoms with E-state index in [-0.39, 0.29) is 12.2 Å². The maximum Gasteiger partial charge on any atom is 0.328 e. The first-order valence-electron chi connectivity index (χ1n) is 9.51. The SMILES string of the molecule is CC(N)C(=O)NC(Cc1ccc(O)cc1)C(=O)NC(CC(N)=O)C(=O)NC(CO)C(=O)O. The van der Waals surface area contributed by atoms with Crippen LogP contribution in [-0.2, 0) is 30.4 Å². The number of carboxylic acid groups (broad SMARTS) is 1. The van der Waals surface area contributed by atoms with Crippen LogP contribution in [0, 0.1) is 0 Å². The van der Waals surface area contributed by atoms with Crippen molar-refractivity contribution in [1.29, 1.82) is 0 Å². The molecule has 0 spiro atoms. The average Bonchev–Trinajstić information content (AvgIpc) is 2.71. The molecular weight excluding hydrogens is 426 g/mol. The first kappa shape index (κ1) is 26.3. The van der Waals surface area contributed by atoms with Crippen LogP contribution in [-0.4, -0.2) is 75.7 Å². The van der Waals surface area contributed by atoms with Crippen molar-refractivity contribution in [3.63, 3.8) is 0 Å². The van der Waals surface area contributed by atoms with Crippen molar-refractivity contribution in [2.75, 3.05) is 6.61 Å². The summed E-state index contributed by atoms with van der Waals surface area (Å²) in [6, 6.07) is 0.373. The Morgan fingerprint density at radius 1 is 0.906 bits per heavy atom. The van der Waals surface area contributed by atoms with Gasteiger partial charge in [0.1, 0.15) is 23.9 Å². The van der Waals surface area contributed by atoms with Gasteiger partial charge in [-0.15, -0.1) is 0 Å². The van der Waals surface area contributed by atoms with E-state index >= 15 is 0 Å². The summed E-state index contributed by atoms with van der Waals surface area (Å²) in [5.74, 6) is -5.10. The molecule has 1 aromatic carbocycles. The number of rotatable bonds is 12. The van der Waals surface area contributed by atoms with E-state index in [4.69, 9.17) is 21.7 Å². The van der Waals surface area contributed by atoms with Gasteiger partial charge in [-0.1, -0.05) is 12.1 Å². The summed E-state index contributed by atoms with van der Waals surface area (Å²) in [5, 5.41) is 34.1. The van der Waals surface area contributed by atoms with Crippen LogP contribution in [0.3, 0.4) is 0 Å². The first-order chi connectivity index (χ1) is 14.9. The molecule has 0 saturated heterocycles. The van der Waals surface area contributed by atoms with Crippen LogP contribution in [0.5, 0.6) is 5.75 Å². The number of carboxylic acids is 1. The zero-order valence-corrected chi connectivity index (χ0v) is 17.3. The molecule has 176 valence electrons. The monoisotopic (exact) mass is 453 g/mol. The van der Waals surface area contributed by atoms with Crippen molar-refractivity contribution in [2.24, 2.45) is 11.5 Å². The summed E-state index contributed by atoms with van der Waals surface area (Å²) < 4.78 is 0. The highest BCUT2D eigenvalue weighted by Crippen LogP contribution is 2.12. The summed E-state index contributed by atoms with van der Waals surface area (Å²) in [5.41, 5.74) is 11.2. The number of benzene rings is 1. The van der Waals surface area contributed by atoms with E-state index in [0.717, 1.165) is 0 Å². The van der Waals surface area contributed by atoms with Crippen LogP contribution in [0.1, 0.15) is 18.9 Å². The Balaban J connectivity index is 3.07. The van der Waals surface area contributed by atoms with Gasteiger partial charge in [0, 0.05) is 6.42 Å². The molecule has 0 aromatic heterocycles. The molecular formula is C19H27N5O8. The number of nitrogens with two attached hydrogens (primary N) is 2. The van der Waals surface area contributed by atoms with Crippen LogP contribution < -0.4 is 27.4 Å². The number of aliphatic hydroxyl groups excluding tert-OH is 1. The summed E-state index contributed by atoms with van der Waals surface area (Å²) in [4.78, 5) is 59.7. The number of aromatic hydroxyl groups is 1. The van der Waals surface area contributed by atoms with E-state index in [2.05, 4.69) is 10.6 Å². The normalized spacial score (nSPS) is 14.3. The molecule has 0 saturated carbocycles. The van der Waals surface area contributed by atoms with Gasteiger partial charge in [0.2, 0.25) is 23.6 Å². The van der Waals surface area contributed by atoms with Crippen LogP contribution in [0.25, 0.3) is 0 Å². The number of phenolic OH excluding ortho intramolecular Hbond substituents is 1. The summed E-state index contributed by atoms with van der Waals surface area (Å²) in [7, 11) is 0. The number of carbonyl (C=O) groups is 5. The van der Waals surface area contributed by atoms with Crippen molar-refractivity contribution in [2.45, 2.75) is 43.9 Å². The third-order valence-electron chi connectivity index (χ3n) is 4.26. The lowest BCUT2D eigenvalue weighted by Gasteiger charge is -2.24. The van der Waals surface area contributed by atoms with Gasteiger partial charge in [-0.3, -0.25) is 19.2 Å². The molecule has 0 aliphatic rings. The summed E-state index contributed by atoms with van der Waals surface area (Å²) in [6.07, 6.45) is -0.716. The number of hydrogen-bond acceptors (Lipinski definition) is 8. The molecule has 0 aliphatic carbocycles. The van der Waals surface area contributed by atoms with Crippen molar-refractivity contribution < 1.29 is 39.3 Å². The molecule has 4 atom stereocenters. The minimum atomic E-state index is -1.67. The number of aliphatic carboxylic acids is 1. The van der Waals surface area contributed by atoms with Crippen molar-refractivity contribution in [1.82, 2.24) is 16.0 Å². The fourth-order valence-corrected chi connectivity index (χ4v) is 2.52.